The maximum Gasteiger partial charge on any atom is 0.410 e. The molecule has 2 heterocycles. The molecular weight excluding hydrogens is 232 g/mol. The van der Waals surface area contributed by atoms with Crippen LogP contribution in [-0.2, 0) is 9.53 Å². The Hall–Kier alpha value is -1.26. The molecule has 2 unspecified atom stereocenters. The fraction of sp³-hybridized carbons (Fsp3) is 0.846. The lowest BCUT2D eigenvalue weighted by Gasteiger charge is -2.24. The lowest BCUT2D eigenvalue weighted by Crippen LogP contribution is -2.37. The second kappa shape index (κ2) is 4.78. The molecule has 0 bridgehead atoms. The number of amides is 2. The minimum Gasteiger partial charge on any atom is -0.444 e. The highest BCUT2D eigenvalue weighted by Crippen LogP contribution is 2.30. The van der Waals surface area contributed by atoms with Gasteiger partial charge in [0.2, 0.25) is 5.91 Å². The van der Waals surface area contributed by atoms with E-state index in [0.29, 0.717) is 19.0 Å². The Kier molecular flexibility index (Phi) is 3.50. The van der Waals surface area contributed by atoms with Gasteiger partial charge >= 0.3 is 6.09 Å². The quantitative estimate of drug-likeness (QED) is 0.710. The Balaban J connectivity index is 1.99. The molecule has 18 heavy (non-hydrogen) atoms. The largest absolute Gasteiger partial charge is 0.444 e. The van der Waals surface area contributed by atoms with Crippen molar-refractivity contribution in [3.8, 4) is 0 Å². The van der Waals surface area contributed by atoms with Crippen molar-refractivity contribution >= 4 is 12.0 Å². The lowest BCUT2D eigenvalue weighted by molar-refractivity contribution is -0.125. The number of ether oxygens (including phenoxy) is 1. The van der Waals surface area contributed by atoms with E-state index in [4.69, 9.17) is 4.74 Å². The van der Waals surface area contributed by atoms with E-state index < -0.39 is 5.60 Å². The molecule has 2 aliphatic heterocycles. The molecule has 2 rings (SSSR count). The topological polar surface area (TPSA) is 58.6 Å². The molecule has 0 spiro atoms. The monoisotopic (exact) mass is 254 g/mol. The molecular formula is C13H22N2O3. The van der Waals surface area contributed by atoms with Gasteiger partial charge in [0, 0.05) is 19.6 Å². The van der Waals surface area contributed by atoms with Crippen molar-refractivity contribution in [1.82, 2.24) is 10.2 Å². The van der Waals surface area contributed by atoms with Gasteiger partial charge in [-0.2, -0.15) is 0 Å². The van der Waals surface area contributed by atoms with Gasteiger partial charge in [-0.25, -0.2) is 4.79 Å². The molecule has 0 aromatic carbocycles. The summed E-state index contributed by atoms with van der Waals surface area (Å²) in [5.74, 6) is 0.323. The molecule has 2 amide bonds. The first-order chi connectivity index (χ1) is 8.37. The zero-order chi connectivity index (χ0) is 13.3. The van der Waals surface area contributed by atoms with Gasteiger partial charge in [-0.05, 0) is 39.5 Å². The summed E-state index contributed by atoms with van der Waals surface area (Å²) in [6.07, 6.45) is 1.70. The van der Waals surface area contributed by atoms with Crippen LogP contribution in [-0.4, -0.2) is 42.1 Å². The molecule has 102 valence electrons. The molecule has 0 aliphatic carbocycles. The zero-order valence-electron chi connectivity index (χ0n) is 11.4. The predicted octanol–water partition coefficient (Wildman–Crippen LogP) is 1.38. The van der Waals surface area contributed by atoms with Crippen molar-refractivity contribution in [3.05, 3.63) is 0 Å². The summed E-state index contributed by atoms with van der Waals surface area (Å²) >= 11 is 0. The minimum absolute atomic E-state index is 0.0555. The third kappa shape index (κ3) is 2.94. The van der Waals surface area contributed by atoms with Crippen LogP contribution in [0.5, 0.6) is 0 Å². The third-order valence-electron chi connectivity index (χ3n) is 3.48. The number of carbonyl (C=O) groups is 2. The Morgan fingerprint density at radius 2 is 2.11 bits per heavy atom. The number of nitrogens with zero attached hydrogens (tertiary/aromatic N) is 1. The van der Waals surface area contributed by atoms with Gasteiger partial charge in [0.1, 0.15) is 5.60 Å². The summed E-state index contributed by atoms with van der Waals surface area (Å²) in [4.78, 5) is 25.5. The second-order valence-corrected chi connectivity index (χ2v) is 6.19. The summed E-state index contributed by atoms with van der Waals surface area (Å²) in [5, 5.41) is 2.91. The SMILES string of the molecule is CC(C)(C)OC(=O)N1CC2CCCNC(=O)C2C1. The van der Waals surface area contributed by atoms with E-state index in [1.54, 1.807) is 4.90 Å². The van der Waals surface area contributed by atoms with Crippen LogP contribution in [0.3, 0.4) is 0 Å². The van der Waals surface area contributed by atoms with Crippen molar-refractivity contribution in [2.24, 2.45) is 11.8 Å². The summed E-state index contributed by atoms with van der Waals surface area (Å²) in [5.41, 5.74) is -0.482. The number of nitrogens with one attached hydrogen (secondary N) is 1. The van der Waals surface area contributed by atoms with Crippen molar-refractivity contribution in [2.75, 3.05) is 19.6 Å². The number of fused-ring (bicyclic) bond motifs is 1. The highest BCUT2D eigenvalue weighted by atomic mass is 16.6. The maximum atomic E-state index is 12.0. The first-order valence-corrected chi connectivity index (χ1v) is 6.62. The molecule has 2 fully saturated rings. The van der Waals surface area contributed by atoms with Gasteiger partial charge in [0.05, 0.1) is 5.92 Å². The predicted molar refractivity (Wildman–Crippen MR) is 67.0 cm³/mol. The average Bonchev–Trinajstić information content (AvgIpc) is 2.59. The average molecular weight is 254 g/mol. The van der Waals surface area contributed by atoms with E-state index in [1.165, 1.54) is 0 Å². The van der Waals surface area contributed by atoms with E-state index in [-0.39, 0.29) is 17.9 Å². The molecule has 2 saturated heterocycles. The maximum absolute atomic E-state index is 12.0. The Bertz CT molecular complexity index is 349. The molecule has 5 nitrogen and oxygen atoms in total. The van der Waals surface area contributed by atoms with Gasteiger partial charge in [0.15, 0.2) is 0 Å². The summed E-state index contributed by atoms with van der Waals surface area (Å²) in [7, 11) is 0. The van der Waals surface area contributed by atoms with E-state index in [1.807, 2.05) is 20.8 Å². The normalized spacial score (nSPS) is 28.4. The Labute approximate surface area is 108 Å². The highest BCUT2D eigenvalue weighted by Gasteiger charge is 2.41. The van der Waals surface area contributed by atoms with Crippen LogP contribution < -0.4 is 5.32 Å². The molecule has 0 radical (unpaired) electrons. The van der Waals surface area contributed by atoms with Crippen molar-refractivity contribution in [1.29, 1.82) is 0 Å². The van der Waals surface area contributed by atoms with E-state index >= 15 is 0 Å². The first kappa shape index (κ1) is 13.2. The van der Waals surface area contributed by atoms with Crippen molar-refractivity contribution in [3.63, 3.8) is 0 Å². The Morgan fingerprint density at radius 3 is 2.78 bits per heavy atom. The van der Waals surface area contributed by atoms with E-state index in [2.05, 4.69) is 5.32 Å². The highest BCUT2D eigenvalue weighted by molar-refractivity contribution is 5.81. The molecule has 0 aromatic heterocycles. The van der Waals surface area contributed by atoms with Crippen LogP contribution in [0.4, 0.5) is 4.79 Å². The Morgan fingerprint density at radius 1 is 1.39 bits per heavy atom. The van der Waals surface area contributed by atoms with Crippen LogP contribution in [0, 0.1) is 11.8 Å². The zero-order valence-corrected chi connectivity index (χ0v) is 11.4. The summed E-state index contributed by atoms with van der Waals surface area (Å²) in [6.45, 7) is 7.46. The van der Waals surface area contributed by atoms with Gasteiger partial charge in [-0.1, -0.05) is 0 Å². The van der Waals surface area contributed by atoms with Gasteiger partial charge in [-0.15, -0.1) is 0 Å². The van der Waals surface area contributed by atoms with Crippen LogP contribution in [0.2, 0.25) is 0 Å². The number of rotatable bonds is 0. The summed E-state index contributed by atoms with van der Waals surface area (Å²) in [6, 6.07) is 0. The van der Waals surface area contributed by atoms with E-state index in [9.17, 15) is 9.59 Å². The van der Waals surface area contributed by atoms with Gasteiger partial charge in [0.25, 0.3) is 0 Å². The number of hydrogen-bond donors (Lipinski definition) is 1. The number of likely N-dealkylation sites (tertiary alicyclic amines) is 1. The number of hydrogen-bond acceptors (Lipinski definition) is 3. The van der Waals surface area contributed by atoms with Crippen LogP contribution in [0.1, 0.15) is 33.6 Å². The van der Waals surface area contributed by atoms with Crippen molar-refractivity contribution < 1.29 is 14.3 Å². The molecule has 1 N–H and O–H groups in total. The summed E-state index contributed by atoms with van der Waals surface area (Å²) < 4.78 is 5.35. The molecule has 2 aliphatic rings. The molecule has 2 atom stereocenters. The van der Waals surface area contributed by atoms with E-state index in [0.717, 1.165) is 19.4 Å². The molecule has 0 saturated carbocycles. The lowest BCUT2D eigenvalue weighted by atomic mass is 9.93. The smallest absolute Gasteiger partial charge is 0.410 e. The standard InChI is InChI=1S/C13H22N2O3/c1-13(2,3)18-12(17)15-7-9-5-4-6-14-11(16)10(9)8-15/h9-10H,4-8H2,1-3H3,(H,14,16). The van der Waals surface area contributed by atoms with Crippen LogP contribution >= 0.6 is 0 Å². The van der Waals surface area contributed by atoms with Gasteiger partial charge in [-0.3, -0.25) is 4.79 Å². The molecule has 5 heteroatoms. The fourth-order valence-electron chi connectivity index (χ4n) is 2.64. The fourth-order valence-corrected chi connectivity index (χ4v) is 2.64. The van der Waals surface area contributed by atoms with Crippen LogP contribution in [0.15, 0.2) is 0 Å². The van der Waals surface area contributed by atoms with Crippen molar-refractivity contribution in [2.45, 2.75) is 39.2 Å². The molecule has 0 aromatic rings. The number of carbonyl (C=O) groups excluding carboxylic acids is 2. The second-order valence-electron chi connectivity index (χ2n) is 6.19. The van der Waals surface area contributed by atoms with Crippen LogP contribution in [0.25, 0.3) is 0 Å². The minimum atomic E-state index is -0.482. The van der Waals surface area contributed by atoms with Gasteiger partial charge < -0.3 is 15.0 Å². The third-order valence-corrected chi connectivity index (χ3v) is 3.48. The first-order valence-electron chi connectivity index (χ1n) is 6.62.